The maximum Gasteiger partial charge on any atom is 0.162 e. The fourth-order valence-electron chi connectivity index (χ4n) is 2.05. The largest absolute Gasteiger partial charge is 0.490 e. The Morgan fingerprint density at radius 2 is 2.10 bits per heavy atom. The Bertz CT molecular complexity index is 657. The molecule has 2 aromatic rings. The minimum atomic E-state index is -1.20. The molecule has 0 amide bonds. The van der Waals surface area contributed by atoms with E-state index in [-0.39, 0.29) is 0 Å². The lowest BCUT2D eigenvalue weighted by Gasteiger charge is -2.08. The third-order valence-corrected chi connectivity index (χ3v) is 4.46. The van der Waals surface area contributed by atoms with Gasteiger partial charge in [0.05, 0.1) is 29.8 Å². The quantitative estimate of drug-likeness (QED) is 0.932. The van der Waals surface area contributed by atoms with Crippen molar-refractivity contribution in [3.63, 3.8) is 0 Å². The Kier molecular flexibility index (Phi) is 4.19. The zero-order valence-electron chi connectivity index (χ0n) is 11.8. The van der Waals surface area contributed by atoms with Crippen molar-refractivity contribution in [1.29, 1.82) is 0 Å². The molecule has 112 valence electrons. The molecule has 21 heavy (non-hydrogen) atoms. The summed E-state index contributed by atoms with van der Waals surface area (Å²) >= 11 is 0. The molecule has 1 aliphatic rings. The molecule has 0 bridgehead atoms. The van der Waals surface area contributed by atoms with Crippen LogP contribution in [0, 0.1) is 0 Å². The fourth-order valence-corrected chi connectivity index (χ4v) is 3.05. The smallest absolute Gasteiger partial charge is 0.162 e. The van der Waals surface area contributed by atoms with Crippen LogP contribution in [0.15, 0.2) is 23.1 Å². The van der Waals surface area contributed by atoms with Crippen molar-refractivity contribution in [2.24, 2.45) is 0 Å². The van der Waals surface area contributed by atoms with Gasteiger partial charge in [0.25, 0.3) is 0 Å². The summed E-state index contributed by atoms with van der Waals surface area (Å²) < 4.78 is 23.6. The zero-order valence-corrected chi connectivity index (χ0v) is 12.6. The van der Waals surface area contributed by atoms with Gasteiger partial charge in [0.2, 0.25) is 0 Å². The molecule has 1 aromatic carbocycles. The van der Waals surface area contributed by atoms with Crippen molar-refractivity contribution in [2.45, 2.75) is 30.4 Å². The van der Waals surface area contributed by atoms with Gasteiger partial charge in [-0.1, -0.05) is 6.92 Å². The average molecular weight is 307 g/mol. The topological polar surface area (TPSA) is 77.1 Å². The highest BCUT2D eigenvalue weighted by Crippen LogP contribution is 2.31. The molecule has 1 aliphatic heterocycles. The minimum Gasteiger partial charge on any atom is -0.490 e. The summed E-state index contributed by atoms with van der Waals surface area (Å²) in [4.78, 5) is 4.98. The molecular formula is C14H17N3O3S. The first kappa shape index (κ1) is 14.1. The predicted molar refractivity (Wildman–Crippen MR) is 77.9 cm³/mol. The summed E-state index contributed by atoms with van der Waals surface area (Å²) in [6.07, 6.45) is 1.61. The SMILES string of the molecule is CCc1n[nH]c(CS(=O)c2ccc3c(c2)OCCCO3)n1. The van der Waals surface area contributed by atoms with Crippen LogP contribution in [0.5, 0.6) is 11.5 Å². The van der Waals surface area contributed by atoms with Gasteiger partial charge in [-0.05, 0) is 12.1 Å². The lowest BCUT2D eigenvalue weighted by atomic mass is 10.3. The molecule has 7 heteroatoms. The molecule has 0 spiro atoms. The highest BCUT2D eigenvalue weighted by molar-refractivity contribution is 7.84. The first-order valence-corrected chi connectivity index (χ1v) is 8.26. The highest BCUT2D eigenvalue weighted by Gasteiger charge is 2.14. The van der Waals surface area contributed by atoms with E-state index in [1.807, 2.05) is 13.0 Å². The van der Waals surface area contributed by atoms with E-state index in [0.717, 1.165) is 18.7 Å². The molecular weight excluding hydrogens is 290 g/mol. The van der Waals surface area contributed by atoms with Crippen LogP contribution in [-0.2, 0) is 23.0 Å². The number of rotatable bonds is 4. The third kappa shape index (κ3) is 3.24. The number of fused-ring (bicyclic) bond motifs is 1. The number of nitrogens with zero attached hydrogens (tertiary/aromatic N) is 2. The predicted octanol–water partition coefficient (Wildman–Crippen LogP) is 1.84. The number of ether oxygens (including phenoxy) is 2. The van der Waals surface area contributed by atoms with Crippen molar-refractivity contribution in [3.8, 4) is 11.5 Å². The van der Waals surface area contributed by atoms with Gasteiger partial charge in [-0.2, -0.15) is 5.10 Å². The molecule has 1 unspecified atom stereocenters. The van der Waals surface area contributed by atoms with E-state index >= 15 is 0 Å². The fraction of sp³-hybridized carbons (Fsp3) is 0.429. The Hall–Kier alpha value is -1.89. The Balaban J connectivity index is 1.76. The van der Waals surface area contributed by atoms with Crippen LogP contribution in [-0.4, -0.2) is 32.6 Å². The second kappa shape index (κ2) is 6.26. The minimum absolute atomic E-state index is 0.312. The summed E-state index contributed by atoms with van der Waals surface area (Å²) in [6.45, 7) is 3.24. The Labute approximate surface area is 125 Å². The first-order valence-electron chi connectivity index (χ1n) is 6.94. The summed E-state index contributed by atoms with van der Waals surface area (Å²) in [5.74, 6) is 3.05. The van der Waals surface area contributed by atoms with Gasteiger partial charge in [-0.25, -0.2) is 4.98 Å². The number of nitrogens with one attached hydrogen (secondary N) is 1. The molecule has 0 aliphatic carbocycles. The van der Waals surface area contributed by atoms with Gasteiger partial charge in [0.15, 0.2) is 11.5 Å². The van der Waals surface area contributed by atoms with Crippen molar-refractivity contribution in [1.82, 2.24) is 15.2 Å². The van der Waals surface area contributed by atoms with Crippen LogP contribution in [0.4, 0.5) is 0 Å². The summed E-state index contributed by atoms with van der Waals surface area (Å²) in [7, 11) is -1.20. The van der Waals surface area contributed by atoms with Crippen LogP contribution in [0.1, 0.15) is 25.0 Å². The normalized spacial score (nSPS) is 15.5. The summed E-state index contributed by atoms with van der Waals surface area (Å²) in [5, 5.41) is 6.87. The van der Waals surface area contributed by atoms with E-state index in [9.17, 15) is 4.21 Å². The van der Waals surface area contributed by atoms with Crippen molar-refractivity contribution < 1.29 is 13.7 Å². The van der Waals surface area contributed by atoms with E-state index in [1.54, 1.807) is 12.1 Å². The van der Waals surface area contributed by atoms with E-state index in [4.69, 9.17) is 9.47 Å². The van der Waals surface area contributed by atoms with Gasteiger partial charge in [0.1, 0.15) is 11.6 Å². The van der Waals surface area contributed by atoms with Crippen molar-refractivity contribution >= 4 is 10.8 Å². The lowest BCUT2D eigenvalue weighted by molar-refractivity contribution is 0.297. The van der Waals surface area contributed by atoms with Crippen LogP contribution in [0.3, 0.4) is 0 Å². The zero-order chi connectivity index (χ0) is 14.7. The number of H-pyrrole nitrogens is 1. The molecule has 0 saturated heterocycles. The number of benzene rings is 1. The van der Waals surface area contributed by atoms with Crippen molar-refractivity contribution in [2.75, 3.05) is 13.2 Å². The number of aryl methyl sites for hydroxylation is 1. The van der Waals surface area contributed by atoms with Crippen molar-refractivity contribution in [3.05, 3.63) is 29.8 Å². The Morgan fingerprint density at radius 3 is 2.86 bits per heavy atom. The monoisotopic (exact) mass is 307 g/mol. The number of aromatic amines is 1. The molecule has 0 radical (unpaired) electrons. The first-order chi connectivity index (χ1) is 10.3. The maximum absolute atomic E-state index is 12.4. The van der Waals surface area contributed by atoms with E-state index in [0.29, 0.717) is 41.2 Å². The van der Waals surface area contributed by atoms with E-state index in [2.05, 4.69) is 15.2 Å². The number of aromatic nitrogens is 3. The van der Waals surface area contributed by atoms with Gasteiger partial charge >= 0.3 is 0 Å². The second-order valence-electron chi connectivity index (χ2n) is 4.70. The standard InChI is InChI=1S/C14H17N3O3S/c1-2-13-15-14(17-16-13)9-21(18)10-4-5-11-12(8-10)20-7-3-6-19-11/h4-5,8H,2-3,6-7,9H2,1H3,(H,15,16,17). The third-order valence-electron chi connectivity index (χ3n) is 3.14. The number of hydrogen-bond donors (Lipinski definition) is 1. The maximum atomic E-state index is 12.4. The van der Waals surface area contributed by atoms with Gasteiger partial charge in [-0.15, -0.1) is 0 Å². The van der Waals surface area contributed by atoms with E-state index < -0.39 is 10.8 Å². The summed E-state index contributed by atoms with van der Waals surface area (Å²) in [5.41, 5.74) is 0. The van der Waals surface area contributed by atoms with Gasteiger partial charge < -0.3 is 9.47 Å². The van der Waals surface area contributed by atoms with Crippen LogP contribution in [0.2, 0.25) is 0 Å². The molecule has 2 heterocycles. The number of hydrogen-bond acceptors (Lipinski definition) is 5. The van der Waals surface area contributed by atoms with Gasteiger partial charge in [0, 0.05) is 23.8 Å². The average Bonchev–Trinajstić information content (AvgIpc) is 2.82. The molecule has 3 rings (SSSR count). The summed E-state index contributed by atoms with van der Waals surface area (Å²) in [6, 6.07) is 5.40. The molecule has 1 aromatic heterocycles. The van der Waals surface area contributed by atoms with Crippen LogP contribution in [0.25, 0.3) is 0 Å². The van der Waals surface area contributed by atoms with Crippen LogP contribution >= 0.6 is 0 Å². The molecule has 0 saturated carbocycles. The second-order valence-corrected chi connectivity index (χ2v) is 6.15. The van der Waals surface area contributed by atoms with Gasteiger partial charge in [-0.3, -0.25) is 9.31 Å². The molecule has 0 fully saturated rings. The lowest BCUT2D eigenvalue weighted by Crippen LogP contribution is -2.00. The molecule has 6 nitrogen and oxygen atoms in total. The Morgan fingerprint density at radius 1 is 1.29 bits per heavy atom. The van der Waals surface area contributed by atoms with Crippen LogP contribution < -0.4 is 9.47 Å². The molecule has 1 atom stereocenters. The highest BCUT2D eigenvalue weighted by atomic mass is 32.2. The molecule has 1 N–H and O–H groups in total. The van der Waals surface area contributed by atoms with E-state index in [1.165, 1.54) is 0 Å².